The fourth-order valence-electron chi connectivity index (χ4n) is 2.14. The van der Waals surface area contributed by atoms with Gasteiger partial charge in [0.2, 0.25) is 16.0 Å². The zero-order valence-corrected chi connectivity index (χ0v) is 13.3. The topological polar surface area (TPSA) is 84.4 Å². The monoisotopic (exact) mass is 314 g/mol. The number of ether oxygens (including phenoxy) is 1. The quantitative estimate of drug-likeness (QED) is 0.821. The molecule has 0 atom stereocenters. The molecule has 21 heavy (non-hydrogen) atoms. The van der Waals surface area contributed by atoms with Crippen LogP contribution in [0, 0.1) is 6.92 Å². The molecule has 0 bridgehead atoms. The van der Waals surface area contributed by atoms with Gasteiger partial charge in [0.15, 0.2) is 0 Å². The largest absolute Gasteiger partial charge is 0.378 e. The SMILES string of the molecule is CCCS(=O)(=O)NCc1cc(C)nc(N2CCOCC2)n1. The number of aromatic nitrogens is 2. The van der Waals surface area contributed by atoms with Crippen molar-refractivity contribution in [1.29, 1.82) is 0 Å². The first-order valence-electron chi connectivity index (χ1n) is 7.15. The van der Waals surface area contributed by atoms with Crippen LogP contribution in [0.5, 0.6) is 0 Å². The van der Waals surface area contributed by atoms with Gasteiger partial charge in [0.25, 0.3) is 0 Å². The molecule has 2 rings (SSSR count). The van der Waals surface area contributed by atoms with Crippen molar-refractivity contribution in [1.82, 2.24) is 14.7 Å². The van der Waals surface area contributed by atoms with Crippen molar-refractivity contribution in [2.75, 3.05) is 37.0 Å². The third kappa shape index (κ3) is 4.90. The number of nitrogens with one attached hydrogen (secondary N) is 1. The second-order valence-corrected chi connectivity index (χ2v) is 6.97. The predicted octanol–water partition coefficient (Wildman–Crippen LogP) is 0.451. The molecule has 1 fully saturated rings. The van der Waals surface area contributed by atoms with Crippen molar-refractivity contribution < 1.29 is 13.2 Å². The molecule has 1 aliphatic rings. The van der Waals surface area contributed by atoms with Crippen molar-refractivity contribution in [2.45, 2.75) is 26.8 Å². The summed E-state index contributed by atoms with van der Waals surface area (Å²) in [6, 6.07) is 1.80. The van der Waals surface area contributed by atoms with Crippen LogP contribution in [-0.2, 0) is 21.3 Å². The lowest BCUT2D eigenvalue weighted by molar-refractivity contribution is 0.122. The molecular weight excluding hydrogens is 292 g/mol. The van der Waals surface area contributed by atoms with Crippen molar-refractivity contribution >= 4 is 16.0 Å². The number of morpholine rings is 1. The maximum absolute atomic E-state index is 11.7. The summed E-state index contributed by atoms with van der Waals surface area (Å²) in [6.45, 7) is 6.75. The fourth-order valence-corrected chi connectivity index (χ4v) is 3.19. The van der Waals surface area contributed by atoms with Crippen LogP contribution in [0.25, 0.3) is 0 Å². The van der Waals surface area contributed by atoms with Gasteiger partial charge in [0.1, 0.15) is 0 Å². The molecule has 1 aromatic rings. The highest BCUT2D eigenvalue weighted by Gasteiger charge is 2.15. The molecule has 0 spiro atoms. The van der Waals surface area contributed by atoms with Gasteiger partial charge in [0, 0.05) is 18.8 Å². The van der Waals surface area contributed by atoms with Crippen molar-refractivity contribution in [2.24, 2.45) is 0 Å². The summed E-state index contributed by atoms with van der Waals surface area (Å²) in [6.07, 6.45) is 0.594. The zero-order chi connectivity index (χ0) is 15.3. The zero-order valence-electron chi connectivity index (χ0n) is 12.5. The highest BCUT2D eigenvalue weighted by atomic mass is 32.2. The van der Waals surface area contributed by atoms with E-state index in [1.165, 1.54) is 0 Å². The molecule has 1 aromatic heterocycles. The van der Waals surface area contributed by atoms with Gasteiger partial charge in [-0.2, -0.15) is 0 Å². The molecule has 0 saturated carbocycles. The van der Waals surface area contributed by atoms with E-state index in [2.05, 4.69) is 19.6 Å². The Bertz CT molecular complexity index is 571. The van der Waals surface area contributed by atoms with E-state index >= 15 is 0 Å². The molecular formula is C13H22N4O3S. The van der Waals surface area contributed by atoms with Gasteiger partial charge in [-0.25, -0.2) is 23.1 Å². The van der Waals surface area contributed by atoms with Crippen LogP contribution in [0.4, 0.5) is 5.95 Å². The summed E-state index contributed by atoms with van der Waals surface area (Å²) >= 11 is 0. The third-order valence-corrected chi connectivity index (χ3v) is 4.67. The van der Waals surface area contributed by atoms with Gasteiger partial charge >= 0.3 is 0 Å². The summed E-state index contributed by atoms with van der Waals surface area (Å²) in [5.74, 6) is 0.774. The Kier molecular flexibility index (Phi) is 5.49. The second-order valence-electron chi connectivity index (χ2n) is 5.04. The molecule has 0 radical (unpaired) electrons. The molecule has 1 aliphatic heterocycles. The highest BCUT2D eigenvalue weighted by molar-refractivity contribution is 7.89. The van der Waals surface area contributed by atoms with Crippen molar-refractivity contribution in [3.8, 4) is 0 Å². The van der Waals surface area contributed by atoms with Gasteiger partial charge in [0.05, 0.1) is 31.2 Å². The van der Waals surface area contributed by atoms with Crippen LogP contribution >= 0.6 is 0 Å². The number of anilines is 1. The standard InChI is InChI=1S/C13H22N4O3S/c1-3-8-21(18,19)14-10-12-9-11(2)15-13(16-12)17-4-6-20-7-5-17/h9,14H,3-8,10H2,1-2H3. The first-order valence-corrected chi connectivity index (χ1v) is 8.80. The maximum Gasteiger partial charge on any atom is 0.225 e. The minimum Gasteiger partial charge on any atom is -0.378 e. The van der Waals surface area contributed by atoms with Crippen molar-refractivity contribution in [3.05, 3.63) is 17.5 Å². The predicted molar refractivity (Wildman–Crippen MR) is 80.7 cm³/mol. The highest BCUT2D eigenvalue weighted by Crippen LogP contribution is 2.12. The lowest BCUT2D eigenvalue weighted by Gasteiger charge is -2.27. The molecule has 0 amide bonds. The van der Waals surface area contributed by atoms with Crippen LogP contribution in [0.15, 0.2) is 6.07 Å². The minimum atomic E-state index is -3.22. The van der Waals surface area contributed by atoms with E-state index in [1.54, 1.807) is 6.07 Å². The molecule has 118 valence electrons. The van der Waals surface area contributed by atoms with Crippen LogP contribution in [0.2, 0.25) is 0 Å². The fraction of sp³-hybridized carbons (Fsp3) is 0.692. The smallest absolute Gasteiger partial charge is 0.225 e. The van der Waals surface area contributed by atoms with E-state index in [-0.39, 0.29) is 12.3 Å². The molecule has 8 heteroatoms. The summed E-state index contributed by atoms with van der Waals surface area (Å²) in [7, 11) is -3.22. The Morgan fingerprint density at radius 3 is 2.71 bits per heavy atom. The summed E-state index contributed by atoms with van der Waals surface area (Å²) in [5.41, 5.74) is 1.51. The van der Waals surface area contributed by atoms with Crippen LogP contribution in [-0.4, -0.2) is 50.4 Å². The van der Waals surface area contributed by atoms with E-state index < -0.39 is 10.0 Å². The Morgan fingerprint density at radius 2 is 2.05 bits per heavy atom. The van der Waals surface area contributed by atoms with E-state index in [9.17, 15) is 8.42 Å². The number of hydrogen-bond acceptors (Lipinski definition) is 6. The normalized spacial score (nSPS) is 16.2. The van der Waals surface area contributed by atoms with Gasteiger partial charge in [-0.15, -0.1) is 0 Å². The summed E-state index contributed by atoms with van der Waals surface area (Å²) in [4.78, 5) is 10.9. The molecule has 7 nitrogen and oxygen atoms in total. The second kappa shape index (κ2) is 7.15. The van der Waals surface area contributed by atoms with E-state index in [0.29, 0.717) is 31.3 Å². The Hall–Kier alpha value is -1.25. The molecule has 2 heterocycles. The van der Waals surface area contributed by atoms with Gasteiger partial charge in [-0.1, -0.05) is 6.92 Å². The lowest BCUT2D eigenvalue weighted by Crippen LogP contribution is -2.37. The van der Waals surface area contributed by atoms with Crippen LogP contribution in [0.3, 0.4) is 0 Å². The van der Waals surface area contributed by atoms with Gasteiger partial charge in [-0.3, -0.25) is 0 Å². The number of rotatable bonds is 6. The Labute approximate surface area is 125 Å². The average Bonchev–Trinajstić information content (AvgIpc) is 2.46. The van der Waals surface area contributed by atoms with Gasteiger partial charge in [-0.05, 0) is 19.4 Å². The van der Waals surface area contributed by atoms with Crippen LogP contribution < -0.4 is 9.62 Å². The summed E-state index contributed by atoms with van der Waals surface area (Å²) in [5, 5.41) is 0. The minimum absolute atomic E-state index is 0.132. The number of sulfonamides is 1. The summed E-state index contributed by atoms with van der Waals surface area (Å²) < 4.78 is 31.3. The third-order valence-electron chi connectivity index (χ3n) is 3.14. The number of hydrogen-bond donors (Lipinski definition) is 1. The molecule has 0 aliphatic carbocycles. The number of nitrogens with zero attached hydrogens (tertiary/aromatic N) is 3. The van der Waals surface area contributed by atoms with E-state index in [4.69, 9.17) is 4.74 Å². The molecule has 1 saturated heterocycles. The first-order chi connectivity index (χ1) is 10.00. The van der Waals surface area contributed by atoms with E-state index in [0.717, 1.165) is 18.8 Å². The lowest BCUT2D eigenvalue weighted by atomic mass is 10.3. The molecule has 0 unspecified atom stereocenters. The number of aryl methyl sites for hydroxylation is 1. The maximum atomic E-state index is 11.7. The molecule has 1 N–H and O–H groups in total. The van der Waals surface area contributed by atoms with E-state index in [1.807, 2.05) is 13.8 Å². The molecule has 0 aromatic carbocycles. The van der Waals surface area contributed by atoms with Crippen LogP contribution in [0.1, 0.15) is 24.7 Å². The average molecular weight is 314 g/mol. The first kappa shape index (κ1) is 16.1. The van der Waals surface area contributed by atoms with Gasteiger partial charge < -0.3 is 9.64 Å². The Balaban J connectivity index is 2.08. The Morgan fingerprint density at radius 1 is 1.33 bits per heavy atom. The van der Waals surface area contributed by atoms with Crippen molar-refractivity contribution in [3.63, 3.8) is 0 Å².